The molecule has 0 rings (SSSR count). The molecule has 0 heterocycles. The Bertz CT molecular complexity index is 102. The van der Waals surface area contributed by atoms with Crippen molar-refractivity contribution in [3.63, 3.8) is 0 Å². The molecule has 0 atom stereocenters. The van der Waals surface area contributed by atoms with Gasteiger partial charge in [-0.05, 0) is 25.8 Å². The lowest BCUT2D eigenvalue weighted by molar-refractivity contribution is 0.135. The highest BCUT2D eigenvalue weighted by atomic mass is 19.3. The summed E-state index contributed by atoms with van der Waals surface area (Å²) in [5.74, 6) is 0. The lowest BCUT2D eigenvalue weighted by atomic mass is 10.2. The Morgan fingerprint density at radius 1 is 1.18 bits per heavy atom. The van der Waals surface area contributed by atoms with E-state index >= 15 is 0 Å². The Morgan fingerprint density at radius 2 is 1.82 bits per heavy atom. The van der Waals surface area contributed by atoms with Crippen molar-refractivity contribution in [2.75, 3.05) is 6.54 Å². The van der Waals surface area contributed by atoms with Gasteiger partial charge >= 0.3 is 0 Å². The number of alkyl halides is 2. The molecule has 0 aliphatic rings. The van der Waals surface area contributed by atoms with Crippen LogP contribution in [-0.4, -0.2) is 13.0 Å². The van der Waals surface area contributed by atoms with Crippen LogP contribution in [0.5, 0.6) is 0 Å². The minimum Gasteiger partial charge on any atom is -0.330 e. The van der Waals surface area contributed by atoms with Gasteiger partial charge in [-0.25, -0.2) is 8.78 Å². The number of hydrogen-bond acceptors (Lipinski definition) is 1. The van der Waals surface area contributed by atoms with Crippen LogP contribution in [0.4, 0.5) is 8.78 Å². The van der Waals surface area contributed by atoms with Gasteiger partial charge in [-0.15, -0.1) is 0 Å². The minimum atomic E-state index is -2.15. The smallest absolute Gasteiger partial charge is 0.238 e. The average Bonchev–Trinajstić information content (AvgIpc) is 1.96. The second-order valence-corrected chi connectivity index (χ2v) is 2.37. The predicted octanol–water partition coefficient (Wildman–Crippen LogP) is 2.33. The Morgan fingerprint density at radius 3 is 2.36 bits per heavy atom. The third-order valence-corrected chi connectivity index (χ3v) is 1.29. The first-order valence-electron chi connectivity index (χ1n) is 3.90. The third-order valence-electron chi connectivity index (χ3n) is 1.29. The Kier molecular flexibility index (Phi) is 7.36. The number of hydrogen-bond donors (Lipinski definition) is 1. The van der Waals surface area contributed by atoms with Crippen LogP contribution in [0.2, 0.25) is 0 Å². The summed E-state index contributed by atoms with van der Waals surface area (Å²) < 4.78 is 23.1. The molecule has 0 bridgehead atoms. The summed E-state index contributed by atoms with van der Waals surface area (Å²) in [6.07, 6.45) is 3.85. The summed E-state index contributed by atoms with van der Waals surface area (Å²) >= 11 is 0. The van der Waals surface area contributed by atoms with Crippen LogP contribution in [0.25, 0.3) is 0 Å². The van der Waals surface area contributed by atoms with Crippen LogP contribution in [0.3, 0.4) is 0 Å². The van der Waals surface area contributed by atoms with Gasteiger partial charge in [0, 0.05) is 6.42 Å². The van der Waals surface area contributed by atoms with E-state index in [2.05, 4.69) is 0 Å². The fourth-order valence-corrected chi connectivity index (χ4v) is 0.722. The van der Waals surface area contributed by atoms with Crippen molar-refractivity contribution in [2.45, 2.75) is 32.1 Å². The van der Waals surface area contributed by atoms with E-state index in [1.54, 1.807) is 0 Å². The van der Waals surface area contributed by atoms with Crippen molar-refractivity contribution in [3.05, 3.63) is 12.2 Å². The monoisotopic (exact) mass is 163 g/mol. The SMILES string of the molecule is NCCC=CCCCC(F)F. The number of allylic oxidation sites excluding steroid dienone is 1. The van der Waals surface area contributed by atoms with Crippen LogP contribution in [-0.2, 0) is 0 Å². The highest BCUT2D eigenvalue weighted by Crippen LogP contribution is 2.05. The zero-order valence-corrected chi connectivity index (χ0v) is 6.60. The second-order valence-electron chi connectivity index (χ2n) is 2.37. The molecule has 0 fully saturated rings. The van der Waals surface area contributed by atoms with Crippen LogP contribution in [0.15, 0.2) is 12.2 Å². The number of nitrogens with two attached hydrogens (primary N) is 1. The number of rotatable bonds is 6. The van der Waals surface area contributed by atoms with Gasteiger partial charge in [0.05, 0.1) is 0 Å². The lowest BCUT2D eigenvalue weighted by Gasteiger charge is -1.94. The molecule has 66 valence electrons. The Hall–Kier alpha value is -0.440. The van der Waals surface area contributed by atoms with Gasteiger partial charge in [0.1, 0.15) is 0 Å². The van der Waals surface area contributed by atoms with Crippen LogP contribution in [0, 0.1) is 0 Å². The van der Waals surface area contributed by atoms with Crippen LogP contribution >= 0.6 is 0 Å². The number of unbranched alkanes of at least 4 members (excludes halogenated alkanes) is 1. The third kappa shape index (κ3) is 9.56. The molecule has 0 aliphatic carbocycles. The van der Waals surface area contributed by atoms with E-state index < -0.39 is 6.43 Å². The fourth-order valence-electron chi connectivity index (χ4n) is 0.722. The van der Waals surface area contributed by atoms with Gasteiger partial charge in [-0.1, -0.05) is 12.2 Å². The van der Waals surface area contributed by atoms with Crippen molar-refractivity contribution in [1.29, 1.82) is 0 Å². The molecule has 2 N–H and O–H groups in total. The molecular weight excluding hydrogens is 148 g/mol. The van der Waals surface area contributed by atoms with E-state index in [0.717, 1.165) is 12.8 Å². The molecule has 0 unspecified atom stereocenters. The summed E-state index contributed by atoms with van der Waals surface area (Å²) in [6, 6.07) is 0. The molecule has 0 aromatic heterocycles. The predicted molar refractivity (Wildman–Crippen MR) is 42.7 cm³/mol. The standard InChI is InChI=1S/C8H15F2N/c9-8(10)6-4-2-1-3-5-7-11/h1,3,8H,2,4-7,11H2. The molecule has 3 heteroatoms. The minimum absolute atomic E-state index is 0.00691. The lowest BCUT2D eigenvalue weighted by Crippen LogP contribution is -1.95. The quantitative estimate of drug-likeness (QED) is 0.472. The molecule has 0 amide bonds. The zero-order chi connectivity index (χ0) is 8.53. The maximum atomic E-state index is 11.6. The molecule has 0 aromatic carbocycles. The van der Waals surface area contributed by atoms with Gasteiger partial charge in [0.2, 0.25) is 6.43 Å². The van der Waals surface area contributed by atoms with Crippen LogP contribution < -0.4 is 5.73 Å². The molecule has 1 nitrogen and oxygen atoms in total. The fraction of sp³-hybridized carbons (Fsp3) is 0.750. The summed E-state index contributed by atoms with van der Waals surface area (Å²) in [5, 5.41) is 0. The average molecular weight is 163 g/mol. The molecule has 0 saturated heterocycles. The van der Waals surface area contributed by atoms with E-state index in [-0.39, 0.29) is 6.42 Å². The van der Waals surface area contributed by atoms with Gasteiger partial charge < -0.3 is 5.73 Å². The summed E-state index contributed by atoms with van der Waals surface area (Å²) in [6.45, 7) is 0.630. The molecule has 11 heavy (non-hydrogen) atoms. The molecular formula is C8H15F2N. The Balaban J connectivity index is 3.01. The number of halogens is 2. The topological polar surface area (TPSA) is 26.0 Å². The zero-order valence-electron chi connectivity index (χ0n) is 6.60. The van der Waals surface area contributed by atoms with Gasteiger partial charge in [0.15, 0.2) is 0 Å². The summed E-state index contributed by atoms with van der Waals surface area (Å²) in [7, 11) is 0. The van der Waals surface area contributed by atoms with Gasteiger partial charge in [-0.3, -0.25) is 0 Å². The maximum absolute atomic E-state index is 11.6. The van der Waals surface area contributed by atoms with Crippen LogP contribution in [0.1, 0.15) is 25.7 Å². The van der Waals surface area contributed by atoms with Crippen molar-refractivity contribution in [2.24, 2.45) is 5.73 Å². The van der Waals surface area contributed by atoms with Crippen molar-refractivity contribution in [1.82, 2.24) is 0 Å². The molecule has 0 aromatic rings. The Labute approximate surface area is 66.3 Å². The van der Waals surface area contributed by atoms with Crippen molar-refractivity contribution in [3.8, 4) is 0 Å². The van der Waals surface area contributed by atoms with Gasteiger partial charge in [-0.2, -0.15) is 0 Å². The largest absolute Gasteiger partial charge is 0.330 e. The molecule has 0 aliphatic heterocycles. The maximum Gasteiger partial charge on any atom is 0.238 e. The van der Waals surface area contributed by atoms with E-state index in [1.807, 2.05) is 12.2 Å². The van der Waals surface area contributed by atoms with E-state index in [0.29, 0.717) is 13.0 Å². The van der Waals surface area contributed by atoms with Gasteiger partial charge in [0.25, 0.3) is 0 Å². The molecule has 0 spiro atoms. The van der Waals surface area contributed by atoms with E-state index in [1.165, 1.54) is 0 Å². The van der Waals surface area contributed by atoms with Crippen molar-refractivity contribution < 1.29 is 8.78 Å². The van der Waals surface area contributed by atoms with E-state index in [9.17, 15) is 8.78 Å². The van der Waals surface area contributed by atoms with E-state index in [4.69, 9.17) is 5.73 Å². The summed E-state index contributed by atoms with van der Waals surface area (Å²) in [5.41, 5.74) is 5.22. The first kappa shape index (κ1) is 10.6. The highest BCUT2D eigenvalue weighted by Gasteiger charge is 1.98. The first-order valence-corrected chi connectivity index (χ1v) is 3.90. The van der Waals surface area contributed by atoms with Crippen molar-refractivity contribution >= 4 is 0 Å². The second kappa shape index (κ2) is 7.66. The molecule has 0 saturated carbocycles. The first-order chi connectivity index (χ1) is 5.27. The summed E-state index contributed by atoms with van der Waals surface area (Å²) in [4.78, 5) is 0. The highest BCUT2D eigenvalue weighted by molar-refractivity contribution is 4.81. The molecule has 0 radical (unpaired) electrons. The normalized spacial score (nSPS) is 11.6.